The molecule has 0 aromatic heterocycles. The van der Waals surface area contributed by atoms with E-state index in [1.807, 2.05) is 6.92 Å². The van der Waals surface area contributed by atoms with Crippen molar-refractivity contribution in [2.75, 3.05) is 20.3 Å². The zero-order chi connectivity index (χ0) is 12.2. The average molecular weight is 229 g/mol. The molecule has 1 rings (SSSR count). The maximum absolute atomic E-state index is 11.9. The Balaban J connectivity index is 2.73. The van der Waals surface area contributed by atoms with Gasteiger partial charge >= 0.3 is 5.97 Å². The van der Waals surface area contributed by atoms with Crippen molar-refractivity contribution in [2.24, 2.45) is 23.0 Å². The van der Waals surface area contributed by atoms with Crippen molar-refractivity contribution in [2.45, 2.75) is 32.6 Å². The number of aliphatic hydroxyl groups is 1. The number of ether oxygens (including phenoxy) is 1. The van der Waals surface area contributed by atoms with Crippen LogP contribution in [0.1, 0.15) is 32.6 Å². The lowest BCUT2D eigenvalue weighted by Crippen LogP contribution is -2.42. The van der Waals surface area contributed by atoms with Crippen molar-refractivity contribution in [3.63, 3.8) is 0 Å². The summed E-state index contributed by atoms with van der Waals surface area (Å²) in [7, 11) is 1.41. The minimum Gasteiger partial charge on any atom is -0.469 e. The van der Waals surface area contributed by atoms with Gasteiger partial charge < -0.3 is 15.6 Å². The fourth-order valence-corrected chi connectivity index (χ4v) is 2.32. The number of hydrogen-bond acceptors (Lipinski definition) is 4. The third-order valence-corrected chi connectivity index (χ3v) is 3.44. The van der Waals surface area contributed by atoms with Gasteiger partial charge in [-0.15, -0.1) is 0 Å². The standard InChI is InChI=1S/C12H23NO3/c1-9(7-14)5-12(8-13,11(15)16-2)6-10-3-4-10/h9-10,14H,3-8,13H2,1-2H3. The molecular weight excluding hydrogens is 206 g/mol. The lowest BCUT2D eigenvalue weighted by Gasteiger charge is -2.31. The second-order valence-electron chi connectivity index (χ2n) is 5.12. The molecule has 0 heterocycles. The van der Waals surface area contributed by atoms with Crippen LogP contribution in [0.4, 0.5) is 0 Å². The van der Waals surface area contributed by atoms with E-state index in [1.165, 1.54) is 20.0 Å². The Labute approximate surface area is 97.2 Å². The van der Waals surface area contributed by atoms with Gasteiger partial charge in [-0.2, -0.15) is 0 Å². The van der Waals surface area contributed by atoms with Crippen LogP contribution in [0.15, 0.2) is 0 Å². The molecule has 0 aromatic carbocycles. The van der Waals surface area contributed by atoms with Crippen LogP contribution in [0, 0.1) is 17.3 Å². The second kappa shape index (κ2) is 5.64. The number of esters is 1. The van der Waals surface area contributed by atoms with Gasteiger partial charge in [-0.3, -0.25) is 4.79 Å². The molecule has 16 heavy (non-hydrogen) atoms. The zero-order valence-electron chi connectivity index (χ0n) is 10.2. The van der Waals surface area contributed by atoms with Crippen LogP contribution < -0.4 is 5.73 Å². The molecule has 1 aliphatic carbocycles. The van der Waals surface area contributed by atoms with Gasteiger partial charge in [0.25, 0.3) is 0 Å². The lowest BCUT2D eigenvalue weighted by atomic mass is 9.75. The van der Waals surface area contributed by atoms with Gasteiger partial charge in [-0.05, 0) is 24.7 Å². The zero-order valence-corrected chi connectivity index (χ0v) is 10.2. The maximum atomic E-state index is 11.9. The van der Waals surface area contributed by atoms with Gasteiger partial charge in [0.2, 0.25) is 0 Å². The molecular formula is C12H23NO3. The highest BCUT2D eigenvalue weighted by Crippen LogP contribution is 2.43. The molecule has 2 unspecified atom stereocenters. The molecule has 0 amide bonds. The van der Waals surface area contributed by atoms with E-state index in [2.05, 4.69) is 0 Å². The van der Waals surface area contributed by atoms with E-state index in [-0.39, 0.29) is 18.5 Å². The van der Waals surface area contributed by atoms with Crippen molar-refractivity contribution >= 4 is 5.97 Å². The lowest BCUT2D eigenvalue weighted by molar-refractivity contribution is -0.154. The molecule has 0 aliphatic heterocycles. The Hall–Kier alpha value is -0.610. The predicted octanol–water partition coefficient (Wildman–Crippen LogP) is 0.923. The Morgan fingerprint density at radius 1 is 1.62 bits per heavy atom. The average Bonchev–Trinajstić information content (AvgIpc) is 3.10. The molecule has 1 saturated carbocycles. The van der Waals surface area contributed by atoms with Gasteiger partial charge in [-0.25, -0.2) is 0 Å². The normalized spacial score (nSPS) is 21.2. The summed E-state index contributed by atoms with van der Waals surface area (Å²) in [5, 5.41) is 9.10. The predicted molar refractivity (Wildman–Crippen MR) is 61.7 cm³/mol. The summed E-state index contributed by atoms with van der Waals surface area (Å²) in [6.07, 6.45) is 3.79. The summed E-state index contributed by atoms with van der Waals surface area (Å²) in [6, 6.07) is 0. The fraction of sp³-hybridized carbons (Fsp3) is 0.917. The van der Waals surface area contributed by atoms with Crippen LogP contribution in [0.3, 0.4) is 0 Å². The smallest absolute Gasteiger partial charge is 0.313 e. The summed E-state index contributed by atoms with van der Waals surface area (Å²) in [5.41, 5.74) is 5.20. The SMILES string of the molecule is COC(=O)C(CN)(CC(C)CO)CC1CC1. The van der Waals surface area contributed by atoms with E-state index in [1.54, 1.807) is 0 Å². The molecule has 0 saturated heterocycles. The quantitative estimate of drug-likeness (QED) is 0.637. The first-order chi connectivity index (χ1) is 7.57. The number of aliphatic hydroxyl groups excluding tert-OH is 1. The minimum atomic E-state index is -0.585. The molecule has 3 N–H and O–H groups in total. The first-order valence-corrected chi connectivity index (χ1v) is 5.97. The highest BCUT2D eigenvalue weighted by atomic mass is 16.5. The molecule has 1 fully saturated rings. The van der Waals surface area contributed by atoms with Crippen molar-refractivity contribution in [3.8, 4) is 0 Å². The van der Waals surface area contributed by atoms with Gasteiger partial charge in [0.05, 0.1) is 12.5 Å². The Morgan fingerprint density at radius 2 is 2.25 bits per heavy atom. The molecule has 4 nitrogen and oxygen atoms in total. The molecule has 0 radical (unpaired) electrons. The van der Waals surface area contributed by atoms with Crippen molar-refractivity contribution in [3.05, 3.63) is 0 Å². The highest BCUT2D eigenvalue weighted by molar-refractivity contribution is 5.77. The van der Waals surface area contributed by atoms with E-state index in [9.17, 15) is 4.79 Å². The Kier molecular flexibility index (Phi) is 4.74. The summed E-state index contributed by atoms with van der Waals surface area (Å²) in [5.74, 6) is 0.483. The Morgan fingerprint density at radius 3 is 2.62 bits per heavy atom. The van der Waals surface area contributed by atoms with Gasteiger partial charge in [0.1, 0.15) is 0 Å². The van der Waals surface area contributed by atoms with Crippen molar-refractivity contribution in [1.29, 1.82) is 0 Å². The summed E-state index contributed by atoms with van der Waals surface area (Å²) < 4.78 is 4.88. The molecule has 0 spiro atoms. The van der Waals surface area contributed by atoms with E-state index in [4.69, 9.17) is 15.6 Å². The summed E-state index contributed by atoms with van der Waals surface area (Å²) in [6.45, 7) is 2.32. The van der Waals surface area contributed by atoms with Gasteiger partial charge in [0, 0.05) is 13.2 Å². The summed E-state index contributed by atoms with van der Waals surface area (Å²) in [4.78, 5) is 11.9. The topological polar surface area (TPSA) is 72.5 Å². The number of methoxy groups -OCH3 is 1. The number of rotatable bonds is 7. The highest BCUT2D eigenvalue weighted by Gasteiger charge is 2.43. The van der Waals surface area contributed by atoms with Crippen LogP contribution >= 0.6 is 0 Å². The molecule has 4 heteroatoms. The van der Waals surface area contributed by atoms with Crippen molar-refractivity contribution in [1.82, 2.24) is 0 Å². The molecule has 0 bridgehead atoms. The second-order valence-corrected chi connectivity index (χ2v) is 5.12. The Bertz CT molecular complexity index is 240. The van der Waals surface area contributed by atoms with Crippen LogP contribution in [0.2, 0.25) is 0 Å². The van der Waals surface area contributed by atoms with E-state index >= 15 is 0 Å². The molecule has 94 valence electrons. The summed E-state index contributed by atoms with van der Waals surface area (Å²) >= 11 is 0. The van der Waals surface area contributed by atoms with E-state index in [0.717, 1.165) is 6.42 Å². The minimum absolute atomic E-state index is 0.0846. The number of carbonyl (C=O) groups is 1. The third-order valence-electron chi connectivity index (χ3n) is 3.44. The molecule has 0 aromatic rings. The van der Waals surface area contributed by atoms with Crippen LogP contribution in [0.25, 0.3) is 0 Å². The van der Waals surface area contributed by atoms with E-state index in [0.29, 0.717) is 18.9 Å². The molecule has 2 atom stereocenters. The number of hydrogen-bond donors (Lipinski definition) is 2. The monoisotopic (exact) mass is 229 g/mol. The van der Waals surface area contributed by atoms with E-state index < -0.39 is 5.41 Å². The molecule has 1 aliphatic rings. The number of carbonyl (C=O) groups excluding carboxylic acids is 1. The van der Waals surface area contributed by atoms with Crippen molar-refractivity contribution < 1.29 is 14.6 Å². The van der Waals surface area contributed by atoms with Crippen LogP contribution in [0.5, 0.6) is 0 Å². The first kappa shape index (κ1) is 13.5. The van der Waals surface area contributed by atoms with Crippen LogP contribution in [-0.2, 0) is 9.53 Å². The van der Waals surface area contributed by atoms with Gasteiger partial charge in [0.15, 0.2) is 0 Å². The first-order valence-electron chi connectivity index (χ1n) is 5.97. The maximum Gasteiger partial charge on any atom is 0.313 e. The fourth-order valence-electron chi connectivity index (χ4n) is 2.32. The van der Waals surface area contributed by atoms with Crippen LogP contribution in [-0.4, -0.2) is 31.3 Å². The largest absolute Gasteiger partial charge is 0.469 e. The van der Waals surface area contributed by atoms with Gasteiger partial charge in [-0.1, -0.05) is 19.8 Å². The third kappa shape index (κ3) is 3.19. The number of nitrogens with two attached hydrogens (primary N) is 1.